The number of rotatable bonds is 6. The Morgan fingerprint density at radius 2 is 1.86 bits per heavy atom. The summed E-state index contributed by atoms with van der Waals surface area (Å²) in [6, 6.07) is 4.01. The number of nitrogens with zero attached hydrogens (tertiary/aromatic N) is 3. The van der Waals surface area contributed by atoms with E-state index in [1.165, 1.54) is 0 Å². The van der Waals surface area contributed by atoms with Gasteiger partial charge < -0.3 is 19.5 Å². The summed E-state index contributed by atoms with van der Waals surface area (Å²) < 4.78 is 11.4. The molecule has 0 spiro atoms. The van der Waals surface area contributed by atoms with Crippen LogP contribution in [0.25, 0.3) is 0 Å². The van der Waals surface area contributed by atoms with Crippen molar-refractivity contribution in [3.8, 4) is 5.88 Å². The van der Waals surface area contributed by atoms with E-state index in [1.807, 2.05) is 20.8 Å². The highest BCUT2D eigenvalue weighted by Gasteiger charge is 2.33. The fourth-order valence-corrected chi connectivity index (χ4v) is 4.43. The molecule has 2 fully saturated rings. The van der Waals surface area contributed by atoms with Gasteiger partial charge in [0.25, 0.3) is 0 Å². The van der Waals surface area contributed by atoms with Gasteiger partial charge in [-0.15, -0.1) is 0 Å². The Morgan fingerprint density at radius 1 is 1.22 bits per heavy atom. The quantitative estimate of drug-likeness (QED) is 0.446. The van der Waals surface area contributed by atoms with E-state index < -0.39 is 5.60 Å². The molecule has 3 amide bonds. The zero-order valence-corrected chi connectivity index (χ0v) is 22.5. The van der Waals surface area contributed by atoms with Gasteiger partial charge in [-0.2, -0.15) is 0 Å². The molecule has 10 heteroatoms. The number of ether oxygens (including phenoxy) is 2. The summed E-state index contributed by atoms with van der Waals surface area (Å²) in [5, 5.41) is 9.96. The molecule has 0 saturated carbocycles. The van der Waals surface area contributed by atoms with Crippen LogP contribution in [0.1, 0.15) is 72.3 Å². The van der Waals surface area contributed by atoms with Crippen LogP contribution in [0.2, 0.25) is 0 Å². The normalized spacial score (nSPS) is 22.9. The first kappa shape index (κ1) is 29.5. The Morgan fingerprint density at radius 3 is 2.44 bits per heavy atom. The summed E-state index contributed by atoms with van der Waals surface area (Å²) in [7, 11) is 0. The van der Waals surface area contributed by atoms with E-state index in [2.05, 4.69) is 29.0 Å². The van der Waals surface area contributed by atoms with Gasteiger partial charge in [0.15, 0.2) is 0 Å². The molecule has 3 atom stereocenters. The van der Waals surface area contributed by atoms with Crippen LogP contribution in [-0.4, -0.2) is 88.3 Å². The number of aliphatic hydroxyl groups excluding tert-OH is 1. The standard InChI is InChI=1S/C24H36N4O5.C2H6O/c1-16-14-27(23(31)33-24(3,4)5)15-17(2)28(16)11-6-12-32-21-13-18(9-10-25-21)19-7-8-20(29)26-22(19)30;1-2-3/h9-10,13,16-17,19H,6-8,11-12,14-15H2,1-5H3,(H,26,29,30);3H,2H2,1H3/t16-,17+,19?;. The highest BCUT2D eigenvalue weighted by Crippen LogP contribution is 2.26. The number of pyridine rings is 1. The molecule has 36 heavy (non-hydrogen) atoms. The van der Waals surface area contributed by atoms with Crippen LogP contribution in [0.15, 0.2) is 18.3 Å². The number of amides is 3. The molecule has 1 aromatic rings. The van der Waals surface area contributed by atoms with Crippen molar-refractivity contribution < 1.29 is 29.0 Å². The first-order chi connectivity index (χ1) is 16.9. The average Bonchev–Trinajstić information content (AvgIpc) is 2.77. The molecule has 0 radical (unpaired) electrons. The molecule has 2 aliphatic rings. The lowest BCUT2D eigenvalue weighted by Gasteiger charge is -2.44. The number of nitrogens with one attached hydrogen (secondary N) is 1. The number of hydrogen-bond acceptors (Lipinski definition) is 8. The summed E-state index contributed by atoms with van der Waals surface area (Å²) in [4.78, 5) is 44.3. The van der Waals surface area contributed by atoms with Crippen LogP contribution < -0.4 is 10.1 Å². The van der Waals surface area contributed by atoms with Crippen molar-refractivity contribution in [1.82, 2.24) is 20.1 Å². The van der Waals surface area contributed by atoms with Crippen molar-refractivity contribution in [1.29, 1.82) is 0 Å². The largest absolute Gasteiger partial charge is 0.478 e. The smallest absolute Gasteiger partial charge is 0.410 e. The maximum atomic E-state index is 12.4. The molecular formula is C26H42N4O6. The number of hydrogen-bond donors (Lipinski definition) is 2. The second-order valence-corrected chi connectivity index (χ2v) is 10.3. The second-order valence-electron chi connectivity index (χ2n) is 10.3. The second kappa shape index (κ2) is 13.5. The van der Waals surface area contributed by atoms with E-state index in [4.69, 9.17) is 14.6 Å². The third-order valence-electron chi connectivity index (χ3n) is 5.96. The minimum atomic E-state index is -0.498. The number of aromatic nitrogens is 1. The lowest BCUT2D eigenvalue weighted by molar-refractivity contribution is -0.134. The third-order valence-corrected chi connectivity index (χ3v) is 5.96. The number of carbonyl (C=O) groups is 3. The Kier molecular flexibility index (Phi) is 11.1. The van der Waals surface area contributed by atoms with Crippen LogP contribution >= 0.6 is 0 Å². The topological polar surface area (TPSA) is 121 Å². The molecule has 2 saturated heterocycles. The zero-order valence-electron chi connectivity index (χ0n) is 22.5. The number of carbonyl (C=O) groups excluding carboxylic acids is 3. The zero-order chi connectivity index (χ0) is 26.9. The fraction of sp³-hybridized carbons (Fsp3) is 0.692. The molecule has 0 aliphatic carbocycles. The van der Waals surface area contributed by atoms with E-state index in [-0.39, 0.29) is 42.5 Å². The van der Waals surface area contributed by atoms with Crippen LogP contribution in [-0.2, 0) is 14.3 Å². The molecule has 0 bridgehead atoms. The van der Waals surface area contributed by atoms with Gasteiger partial charge >= 0.3 is 6.09 Å². The predicted molar refractivity (Wildman–Crippen MR) is 136 cm³/mol. The van der Waals surface area contributed by atoms with Crippen LogP contribution in [0.4, 0.5) is 4.79 Å². The Hall–Kier alpha value is -2.72. The van der Waals surface area contributed by atoms with E-state index in [1.54, 1.807) is 30.2 Å². The van der Waals surface area contributed by atoms with Gasteiger partial charge in [-0.3, -0.25) is 19.8 Å². The van der Waals surface area contributed by atoms with Gasteiger partial charge in [0, 0.05) is 57.0 Å². The van der Waals surface area contributed by atoms with Crippen molar-refractivity contribution >= 4 is 17.9 Å². The van der Waals surface area contributed by atoms with Crippen molar-refractivity contribution in [3.05, 3.63) is 23.9 Å². The Labute approximate surface area is 214 Å². The SMILES string of the molecule is CCO.C[C@@H]1CN(C(=O)OC(C)(C)C)C[C@H](C)N1CCCOc1cc(C2CCC(=O)NC2=O)ccn1. The van der Waals surface area contributed by atoms with Gasteiger partial charge in [-0.25, -0.2) is 9.78 Å². The molecule has 1 unspecified atom stereocenters. The molecule has 3 heterocycles. The van der Waals surface area contributed by atoms with E-state index in [0.717, 1.165) is 18.5 Å². The van der Waals surface area contributed by atoms with E-state index in [9.17, 15) is 14.4 Å². The van der Waals surface area contributed by atoms with E-state index in [0.29, 0.717) is 38.4 Å². The molecule has 202 valence electrons. The van der Waals surface area contributed by atoms with Crippen molar-refractivity contribution in [3.63, 3.8) is 0 Å². The number of aliphatic hydroxyl groups is 1. The van der Waals surface area contributed by atoms with Gasteiger partial charge in [-0.05, 0) is 66.0 Å². The maximum absolute atomic E-state index is 12.4. The van der Waals surface area contributed by atoms with Gasteiger partial charge in [0.2, 0.25) is 17.7 Å². The number of piperidine rings is 1. The van der Waals surface area contributed by atoms with Crippen molar-refractivity contribution in [2.45, 2.75) is 84.4 Å². The first-order valence-corrected chi connectivity index (χ1v) is 12.7. The monoisotopic (exact) mass is 506 g/mol. The Balaban J connectivity index is 0.00000145. The van der Waals surface area contributed by atoms with E-state index >= 15 is 0 Å². The predicted octanol–water partition coefficient (Wildman–Crippen LogP) is 2.70. The molecule has 0 aromatic carbocycles. The molecule has 1 aromatic heterocycles. The first-order valence-electron chi connectivity index (χ1n) is 12.7. The number of piperazine rings is 1. The van der Waals surface area contributed by atoms with Gasteiger partial charge in [-0.1, -0.05) is 0 Å². The highest BCUT2D eigenvalue weighted by molar-refractivity contribution is 6.00. The maximum Gasteiger partial charge on any atom is 0.410 e. The van der Waals surface area contributed by atoms with Crippen LogP contribution in [0.3, 0.4) is 0 Å². The minimum Gasteiger partial charge on any atom is -0.478 e. The number of imide groups is 1. The lowest BCUT2D eigenvalue weighted by Crippen LogP contribution is -2.58. The van der Waals surface area contributed by atoms with Crippen LogP contribution in [0.5, 0.6) is 5.88 Å². The summed E-state index contributed by atoms with van der Waals surface area (Å²) >= 11 is 0. The minimum absolute atomic E-state index is 0.218. The lowest BCUT2D eigenvalue weighted by atomic mass is 9.91. The fourth-order valence-electron chi connectivity index (χ4n) is 4.43. The molecule has 3 rings (SSSR count). The highest BCUT2D eigenvalue weighted by atomic mass is 16.6. The summed E-state index contributed by atoms with van der Waals surface area (Å²) in [5.74, 6) is -0.363. The van der Waals surface area contributed by atoms with Gasteiger partial charge in [0.05, 0.1) is 12.5 Å². The summed E-state index contributed by atoms with van der Waals surface area (Å²) in [6.07, 6.45) is 3.03. The van der Waals surface area contributed by atoms with Crippen LogP contribution in [0, 0.1) is 0 Å². The third kappa shape index (κ3) is 9.05. The molecule has 2 aliphatic heterocycles. The molecule has 2 N–H and O–H groups in total. The van der Waals surface area contributed by atoms with Crippen molar-refractivity contribution in [2.75, 3.05) is 32.8 Å². The van der Waals surface area contributed by atoms with Gasteiger partial charge in [0.1, 0.15) is 5.60 Å². The average molecular weight is 507 g/mol. The van der Waals surface area contributed by atoms with Crippen molar-refractivity contribution in [2.24, 2.45) is 0 Å². The summed E-state index contributed by atoms with van der Waals surface area (Å²) in [5.41, 5.74) is 0.312. The summed E-state index contributed by atoms with van der Waals surface area (Å²) in [6.45, 7) is 14.4. The Bertz CT molecular complexity index is 875. The molecular weight excluding hydrogens is 464 g/mol. The molecule has 10 nitrogen and oxygen atoms in total.